The van der Waals surface area contributed by atoms with Gasteiger partial charge in [-0.15, -0.1) is 5.10 Å². The summed E-state index contributed by atoms with van der Waals surface area (Å²) in [6, 6.07) is 6.91. The standard InChI is InChI=1S/C18H19ClN6O4S2/c19-12-3-1-11(2-4-12)9-30-18-21-17(22-23-18)20-16(27)14-5-6-15(26)25(24-14)13-7-8-31(28,29)10-13/h1-4,13H,5-10H2,(H2,20,21,22,23,27). The van der Waals surface area contributed by atoms with E-state index >= 15 is 0 Å². The normalized spacial score (nSPS) is 20.5. The number of nitrogens with zero attached hydrogens (tertiary/aromatic N) is 4. The Kier molecular flexibility index (Phi) is 6.30. The lowest BCUT2D eigenvalue weighted by Crippen LogP contribution is -2.42. The number of H-pyrrole nitrogens is 1. The van der Waals surface area contributed by atoms with Crippen LogP contribution in [0.5, 0.6) is 0 Å². The molecule has 4 rings (SSSR count). The van der Waals surface area contributed by atoms with Gasteiger partial charge in [0, 0.05) is 23.6 Å². The second kappa shape index (κ2) is 8.97. The van der Waals surface area contributed by atoms with Crippen molar-refractivity contribution >= 4 is 56.7 Å². The van der Waals surface area contributed by atoms with Gasteiger partial charge in [-0.3, -0.25) is 14.9 Å². The van der Waals surface area contributed by atoms with Crippen LogP contribution in [-0.2, 0) is 25.2 Å². The van der Waals surface area contributed by atoms with Gasteiger partial charge < -0.3 is 0 Å². The van der Waals surface area contributed by atoms with Gasteiger partial charge in [-0.1, -0.05) is 35.5 Å². The fourth-order valence-corrected chi connectivity index (χ4v) is 5.84. The van der Waals surface area contributed by atoms with E-state index in [0.717, 1.165) is 10.6 Å². The average Bonchev–Trinajstić information content (AvgIpc) is 3.33. The molecular weight excluding hydrogens is 464 g/mol. The highest BCUT2D eigenvalue weighted by Crippen LogP contribution is 2.23. The number of anilines is 1. The van der Waals surface area contributed by atoms with Crippen molar-refractivity contribution < 1.29 is 18.0 Å². The van der Waals surface area contributed by atoms with Crippen LogP contribution in [-0.4, -0.2) is 63.7 Å². The van der Waals surface area contributed by atoms with Crippen molar-refractivity contribution in [1.82, 2.24) is 20.2 Å². The first-order valence-electron chi connectivity index (χ1n) is 9.50. The van der Waals surface area contributed by atoms with Gasteiger partial charge in [-0.05, 0) is 24.1 Å². The minimum absolute atomic E-state index is 0.0209. The number of hydrazone groups is 1. The number of rotatable bonds is 6. The largest absolute Gasteiger partial charge is 0.290 e. The Morgan fingerprint density at radius 2 is 2.06 bits per heavy atom. The molecular formula is C18H19ClN6O4S2. The molecule has 1 unspecified atom stereocenters. The number of aromatic nitrogens is 3. The summed E-state index contributed by atoms with van der Waals surface area (Å²) in [5.41, 5.74) is 1.20. The van der Waals surface area contributed by atoms with Crippen LogP contribution >= 0.6 is 23.4 Å². The summed E-state index contributed by atoms with van der Waals surface area (Å²) in [6.45, 7) is 0. The number of sulfone groups is 1. The molecule has 0 spiro atoms. The van der Waals surface area contributed by atoms with Crippen LogP contribution in [0.2, 0.25) is 5.02 Å². The number of aromatic amines is 1. The third-order valence-electron chi connectivity index (χ3n) is 4.85. The second-order valence-corrected chi connectivity index (χ2v) is 10.8. The van der Waals surface area contributed by atoms with Crippen molar-refractivity contribution in [2.45, 2.75) is 36.2 Å². The fraction of sp³-hybridized carbons (Fsp3) is 0.389. The number of hydrogen-bond acceptors (Lipinski definition) is 8. The maximum absolute atomic E-state index is 12.6. The summed E-state index contributed by atoms with van der Waals surface area (Å²) in [5.74, 6) is -0.0992. The summed E-state index contributed by atoms with van der Waals surface area (Å²) < 4.78 is 23.4. The molecule has 2 aromatic rings. The van der Waals surface area contributed by atoms with E-state index < -0.39 is 21.8 Å². The van der Waals surface area contributed by atoms with Crippen molar-refractivity contribution in [2.24, 2.45) is 5.10 Å². The minimum atomic E-state index is -3.18. The lowest BCUT2D eigenvalue weighted by atomic mass is 10.1. The van der Waals surface area contributed by atoms with Gasteiger partial charge in [-0.2, -0.15) is 10.1 Å². The third kappa shape index (κ3) is 5.43. The highest BCUT2D eigenvalue weighted by Gasteiger charge is 2.37. The maximum Gasteiger partial charge on any atom is 0.274 e. The molecule has 0 aliphatic carbocycles. The molecule has 1 aromatic carbocycles. The van der Waals surface area contributed by atoms with E-state index in [4.69, 9.17) is 11.6 Å². The van der Waals surface area contributed by atoms with Crippen LogP contribution in [0.4, 0.5) is 5.95 Å². The summed E-state index contributed by atoms with van der Waals surface area (Å²) in [5, 5.41) is 15.7. The summed E-state index contributed by atoms with van der Waals surface area (Å²) in [6.07, 6.45) is 0.594. The van der Waals surface area contributed by atoms with E-state index in [2.05, 4.69) is 25.6 Å². The molecule has 3 heterocycles. The maximum atomic E-state index is 12.6. The summed E-state index contributed by atoms with van der Waals surface area (Å²) in [7, 11) is -3.18. The molecule has 2 aliphatic heterocycles. The van der Waals surface area contributed by atoms with Crippen molar-refractivity contribution in [3.63, 3.8) is 0 Å². The lowest BCUT2D eigenvalue weighted by molar-refractivity contribution is -0.133. The quantitative estimate of drug-likeness (QED) is 0.599. The zero-order valence-corrected chi connectivity index (χ0v) is 18.6. The molecule has 1 saturated heterocycles. The van der Waals surface area contributed by atoms with E-state index in [1.807, 2.05) is 12.1 Å². The Bertz CT molecular complexity index is 1130. The van der Waals surface area contributed by atoms with Crippen LogP contribution in [0.25, 0.3) is 0 Å². The first kappa shape index (κ1) is 21.8. The molecule has 2 N–H and O–H groups in total. The van der Waals surface area contributed by atoms with E-state index in [9.17, 15) is 18.0 Å². The first-order valence-corrected chi connectivity index (χ1v) is 12.7. The predicted molar refractivity (Wildman–Crippen MR) is 117 cm³/mol. The molecule has 0 bridgehead atoms. The highest BCUT2D eigenvalue weighted by molar-refractivity contribution is 7.98. The van der Waals surface area contributed by atoms with Crippen LogP contribution in [0, 0.1) is 0 Å². The smallest absolute Gasteiger partial charge is 0.274 e. The molecule has 13 heteroatoms. The average molecular weight is 483 g/mol. The molecule has 0 radical (unpaired) electrons. The molecule has 164 valence electrons. The minimum Gasteiger partial charge on any atom is -0.290 e. The Hall–Kier alpha value is -2.44. The number of thioether (sulfide) groups is 1. The van der Waals surface area contributed by atoms with Crippen molar-refractivity contribution in [3.8, 4) is 0 Å². The van der Waals surface area contributed by atoms with E-state index in [0.29, 0.717) is 22.4 Å². The van der Waals surface area contributed by atoms with Crippen molar-refractivity contribution in [2.75, 3.05) is 16.8 Å². The summed E-state index contributed by atoms with van der Waals surface area (Å²) in [4.78, 5) is 29.0. The second-order valence-electron chi connectivity index (χ2n) is 7.18. The monoisotopic (exact) mass is 482 g/mol. The third-order valence-corrected chi connectivity index (χ3v) is 7.77. The van der Waals surface area contributed by atoms with Crippen LogP contribution in [0.15, 0.2) is 34.5 Å². The number of amides is 2. The van der Waals surface area contributed by atoms with Gasteiger partial charge in [0.15, 0.2) is 9.84 Å². The zero-order valence-electron chi connectivity index (χ0n) is 16.2. The topological polar surface area (TPSA) is 137 Å². The molecule has 2 amide bonds. The van der Waals surface area contributed by atoms with Crippen LogP contribution in [0.3, 0.4) is 0 Å². The van der Waals surface area contributed by atoms with Gasteiger partial charge in [0.25, 0.3) is 5.91 Å². The molecule has 10 nitrogen and oxygen atoms in total. The SMILES string of the molecule is O=C(Nc1nc(SCc2ccc(Cl)cc2)n[nH]1)C1=NN(C2CCS(=O)(=O)C2)C(=O)CC1. The Balaban J connectivity index is 1.37. The number of carbonyl (C=O) groups is 2. The molecule has 0 saturated carbocycles. The lowest BCUT2D eigenvalue weighted by Gasteiger charge is -2.27. The van der Waals surface area contributed by atoms with Gasteiger partial charge in [0.2, 0.25) is 17.0 Å². The first-order chi connectivity index (χ1) is 14.8. The zero-order chi connectivity index (χ0) is 22.0. The van der Waals surface area contributed by atoms with Gasteiger partial charge >= 0.3 is 0 Å². The molecule has 1 atom stereocenters. The molecule has 1 fully saturated rings. The molecule has 1 aromatic heterocycles. The highest BCUT2D eigenvalue weighted by atomic mass is 35.5. The van der Waals surface area contributed by atoms with Crippen LogP contribution < -0.4 is 5.32 Å². The number of halogens is 1. The Morgan fingerprint density at radius 3 is 2.77 bits per heavy atom. The van der Waals surface area contributed by atoms with E-state index in [1.165, 1.54) is 11.8 Å². The molecule has 31 heavy (non-hydrogen) atoms. The number of hydrogen-bond donors (Lipinski definition) is 2. The number of benzene rings is 1. The van der Waals surface area contributed by atoms with Crippen molar-refractivity contribution in [3.05, 3.63) is 34.9 Å². The summed E-state index contributed by atoms with van der Waals surface area (Å²) >= 11 is 7.27. The van der Waals surface area contributed by atoms with Gasteiger partial charge in [-0.25, -0.2) is 18.5 Å². The van der Waals surface area contributed by atoms with E-state index in [-0.39, 0.29) is 41.9 Å². The van der Waals surface area contributed by atoms with Gasteiger partial charge in [0.1, 0.15) is 5.71 Å². The van der Waals surface area contributed by atoms with Crippen molar-refractivity contribution in [1.29, 1.82) is 0 Å². The van der Waals surface area contributed by atoms with E-state index in [1.54, 1.807) is 12.1 Å². The number of nitrogens with one attached hydrogen (secondary N) is 2. The Labute approximate surface area is 187 Å². The predicted octanol–water partition coefficient (Wildman–Crippen LogP) is 1.85. The van der Waals surface area contributed by atoms with Gasteiger partial charge in [0.05, 0.1) is 17.5 Å². The molecule has 2 aliphatic rings. The Morgan fingerprint density at radius 1 is 1.29 bits per heavy atom. The fourth-order valence-electron chi connectivity index (χ4n) is 3.26. The number of carbonyl (C=O) groups excluding carboxylic acids is 2. The van der Waals surface area contributed by atoms with Crippen LogP contribution in [0.1, 0.15) is 24.8 Å².